The summed E-state index contributed by atoms with van der Waals surface area (Å²) in [7, 11) is 1.62. The van der Waals surface area contributed by atoms with Crippen molar-refractivity contribution in [2.75, 3.05) is 37.0 Å². The molecular weight excluding hydrogens is 414 g/mol. The second-order valence-corrected chi connectivity index (χ2v) is 8.54. The zero-order chi connectivity index (χ0) is 22.6. The predicted octanol–water partition coefficient (Wildman–Crippen LogP) is 4.73. The number of amides is 2. The van der Waals surface area contributed by atoms with Gasteiger partial charge in [-0.15, -0.1) is 0 Å². The third-order valence-electron chi connectivity index (χ3n) is 6.33. The zero-order valence-corrected chi connectivity index (χ0v) is 19.0. The molecule has 0 atom stereocenters. The Hall–Kier alpha value is -3.61. The lowest BCUT2D eigenvalue weighted by Gasteiger charge is -2.34. The molecule has 1 saturated heterocycles. The average molecular weight is 444 g/mol. The number of aromatic nitrogens is 2. The van der Waals surface area contributed by atoms with E-state index in [0.717, 1.165) is 47.2 Å². The number of benzene rings is 2. The minimum Gasteiger partial charge on any atom is -0.497 e. The molecule has 2 aliphatic heterocycles. The number of piperidine rings is 1. The lowest BCUT2D eigenvalue weighted by molar-refractivity contribution is 0.206. The van der Waals surface area contributed by atoms with Crippen molar-refractivity contribution in [3.8, 4) is 17.1 Å². The van der Waals surface area contributed by atoms with Crippen LogP contribution in [0.15, 0.2) is 54.6 Å². The Morgan fingerprint density at radius 3 is 2.58 bits per heavy atom. The van der Waals surface area contributed by atoms with Crippen molar-refractivity contribution in [1.29, 1.82) is 0 Å². The molecule has 3 heterocycles. The summed E-state index contributed by atoms with van der Waals surface area (Å²) < 4.78 is 5.27. The fourth-order valence-corrected chi connectivity index (χ4v) is 4.56. The number of urea groups is 1. The number of anilines is 2. The van der Waals surface area contributed by atoms with Gasteiger partial charge in [0.2, 0.25) is 0 Å². The smallest absolute Gasteiger partial charge is 0.322 e. The fourth-order valence-electron chi connectivity index (χ4n) is 4.56. The summed E-state index contributed by atoms with van der Waals surface area (Å²) >= 11 is 0. The number of carbonyl (C=O) groups excluding carboxylic acids is 1. The molecule has 5 rings (SSSR count). The van der Waals surface area contributed by atoms with Gasteiger partial charge in [-0.1, -0.05) is 36.4 Å². The molecule has 7 heteroatoms. The summed E-state index contributed by atoms with van der Waals surface area (Å²) in [6.45, 7) is 3.11. The van der Waals surface area contributed by atoms with E-state index in [4.69, 9.17) is 14.7 Å². The van der Waals surface area contributed by atoms with Crippen molar-refractivity contribution in [2.45, 2.75) is 32.2 Å². The second-order valence-electron chi connectivity index (χ2n) is 8.54. The Morgan fingerprint density at radius 2 is 1.79 bits per heavy atom. The first kappa shape index (κ1) is 21.2. The van der Waals surface area contributed by atoms with Crippen molar-refractivity contribution in [3.63, 3.8) is 0 Å². The van der Waals surface area contributed by atoms with E-state index in [9.17, 15) is 4.79 Å². The molecule has 1 N–H and O–H groups in total. The molecule has 2 aliphatic rings. The maximum Gasteiger partial charge on any atom is 0.322 e. The van der Waals surface area contributed by atoms with Crippen molar-refractivity contribution in [3.05, 3.63) is 65.9 Å². The van der Waals surface area contributed by atoms with Gasteiger partial charge in [-0.25, -0.2) is 14.8 Å². The number of ether oxygens (including phenoxy) is 1. The predicted molar refractivity (Wildman–Crippen MR) is 130 cm³/mol. The van der Waals surface area contributed by atoms with E-state index in [1.807, 2.05) is 47.4 Å². The number of methoxy groups -OCH3 is 1. The average Bonchev–Trinajstić information content (AvgIpc) is 2.89. The van der Waals surface area contributed by atoms with Gasteiger partial charge in [-0.3, -0.25) is 0 Å². The van der Waals surface area contributed by atoms with Crippen LogP contribution in [0.5, 0.6) is 5.75 Å². The number of fused-ring (bicyclic) bond motifs is 1. The van der Waals surface area contributed by atoms with Crippen LogP contribution in [-0.2, 0) is 13.0 Å². The highest BCUT2D eigenvalue weighted by Crippen LogP contribution is 2.31. The number of nitrogens with one attached hydrogen (secondary N) is 1. The summed E-state index contributed by atoms with van der Waals surface area (Å²) in [4.78, 5) is 27.2. The van der Waals surface area contributed by atoms with Crippen LogP contribution in [-0.4, -0.2) is 47.6 Å². The second kappa shape index (κ2) is 9.48. The van der Waals surface area contributed by atoms with Crippen LogP contribution in [0, 0.1) is 0 Å². The van der Waals surface area contributed by atoms with Crippen molar-refractivity contribution in [1.82, 2.24) is 14.9 Å². The molecule has 0 aliphatic carbocycles. The van der Waals surface area contributed by atoms with Crippen molar-refractivity contribution in [2.24, 2.45) is 0 Å². The Balaban J connectivity index is 1.43. The number of nitrogens with zero attached hydrogens (tertiary/aromatic N) is 4. The molecule has 1 aromatic heterocycles. The molecule has 1 fully saturated rings. The van der Waals surface area contributed by atoms with Gasteiger partial charge in [0.25, 0.3) is 0 Å². The van der Waals surface area contributed by atoms with Gasteiger partial charge in [0.1, 0.15) is 11.6 Å². The van der Waals surface area contributed by atoms with E-state index in [1.165, 1.54) is 19.3 Å². The molecule has 3 aromatic rings. The third kappa shape index (κ3) is 4.62. The highest BCUT2D eigenvalue weighted by molar-refractivity contribution is 5.89. The van der Waals surface area contributed by atoms with E-state index < -0.39 is 0 Å². The maximum atomic E-state index is 13.1. The van der Waals surface area contributed by atoms with Crippen LogP contribution in [0.3, 0.4) is 0 Å². The standard InChI is InChI=1S/C26H29N5O2/c1-33-21-12-8-11-20(17-21)27-26(32)31-16-13-23-22(18-31)25(30-14-6-3-7-15-30)29-24(28-23)19-9-4-2-5-10-19/h2,4-5,8-12,17H,3,6-7,13-16,18H2,1H3,(H,27,32). The van der Waals surface area contributed by atoms with Crippen molar-refractivity contribution >= 4 is 17.5 Å². The molecule has 170 valence electrons. The SMILES string of the molecule is COc1cccc(NC(=O)N2CCc3nc(-c4ccccc4)nc(N4CCCCC4)c3C2)c1. The van der Waals surface area contributed by atoms with E-state index in [0.29, 0.717) is 25.3 Å². The highest BCUT2D eigenvalue weighted by atomic mass is 16.5. The number of rotatable bonds is 4. The largest absolute Gasteiger partial charge is 0.497 e. The zero-order valence-electron chi connectivity index (χ0n) is 19.0. The van der Waals surface area contributed by atoms with E-state index in [1.54, 1.807) is 7.11 Å². The fraction of sp³-hybridized carbons (Fsp3) is 0.346. The topological polar surface area (TPSA) is 70.6 Å². The first-order valence-corrected chi connectivity index (χ1v) is 11.6. The van der Waals surface area contributed by atoms with Gasteiger partial charge >= 0.3 is 6.03 Å². The van der Waals surface area contributed by atoms with Crippen molar-refractivity contribution < 1.29 is 9.53 Å². The first-order chi connectivity index (χ1) is 16.2. The molecule has 7 nitrogen and oxygen atoms in total. The Kier molecular flexibility index (Phi) is 6.11. The number of carbonyl (C=O) groups is 1. The van der Waals surface area contributed by atoms with Gasteiger partial charge in [-0.05, 0) is 31.4 Å². The summed E-state index contributed by atoms with van der Waals surface area (Å²) in [5.41, 5.74) is 3.87. The third-order valence-corrected chi connectivity index (χ3v) is 6.33. The van der Waals surface area contributed by atoms with Crippen LogP contribution < -0.4 is 15.0 Å². The minimum atomic E-state index is -0.120. The lowest BCUT2D eigenvalue weighted by Crippen LogP contribution is -2.41. The molecule has 33 heavy (non-hydrogen) atoms. The lowest BCUT2D eigenvalue weighted by atomic mass is 10.0. The Bertz CT molecular complexity index is 1130. The van der Waals surface area contributed by atoms with Crippen LogP contribution >= 0.6 is 0 Å². The minimum absolute atomic E-state index is 0.120. The molecule has 0 spiro atoms. The number of hydrogen-bond donors (Lipinski definition) is 1. The number of hydrogen-bond acceptors (Lipinski definition) is 5. The van der Waals surface area contributed by atoms with E-state index in [2.05, 4.69) is 22.3 Å². The summed E-state index contributed by atoms with van der Waals surface area (Å²) in [6, 6.07) is 17.4. The molecule has 0 unspecified atom stereocenters. The first-order valence-electron chi connectivity index (χ1n) is 11.6. The van der Waals surface area contributed by atoms with Crippen LogP contribution in [0.2, 0.25) is 0 Å². The highest BCUT2D eigenvalue weighted by Gasteiger charge is 2.28. The maximum absolute atomic E-state index is 13.1. The summed E-state index contributed by atoms with van der Waals surface area (Å²) in [5.74, 6) is 2.47. The molecule has 2 amide bonds. The Labute approximate surface area is 194 Å². The molecule has 0 saturated carbocycles. The molecule has 0 radical (unpaired) electrons. The normalized spacial score (nSPS) is 15.7. The quantitative estimate of drug-likeness (QED) is 0.631. The van der Waals surface area contributed by atoms with Crippen LogP contribution in [0.1, 0.15) is 30.5 Å². The van der Waals surface area contributed by atoms with E-state index in [-0.39, 0.29) is 6.03 Å². The summed E-state index contributed by atoms with van der Waals surface area (Å²) in [5, 5.41) is 3.01. The molecule has 2 aromatic carbocycles. The van der Waals surface area contributed by atoms with E-state index >= 15 is 0 Å². The molecular formula is C26H29N5O2. The van der Waals surface area contributed by atoms with Gasteiger partial charge in [-0.2, -0.15) is 0 Å². The molecule has 0 bridgehead atoms. The van der Waals surface area contributed by atoms with Crippen LogP contribution in [0.25, 0.3) is 11.4 Å². The Morgan fingerprint density at radius 1 is 0.970 bits per heavy atom. The monoisotopic (exact) mass is 443 g/mol. The van der Waals surface area contributed by atoms with Gasteiger partial charge < -0.3 is 19.9 Å². The van der Waals surface area contributed by atoms with Crippen LogP contribution in [0.4, 0.5) is 16.3 Å². The summed E-state index contributed by atoms with van der Waals surface area (Å²) in [6.07, 6.45) is 4.30. The van der Waals surface area contributed by atoms with Gasteiger partial charge in [0.05, 0.1) is 19.3 Å². The van der Waals surface area contributed by atoms with Gasteiger partial charge in [0.15, 0.2) is 5.82 Å². The van der Waals surface area contributed by atoms with Gasteiger partial charge in [0, 0.05) is 48.9 Å².